The van der Waals surface area contributed by atoms with Gasteiger partial charge in [0.25, 0.3) is 0 Å². The van der Waals surface area contributed by atoms with Crippen LogP contribution in [0, 0.1) is 11.8 Å². The van der Waals surface area contributed by atoms with Crippen molar-refractivity contribution in [2.24, 2.45) is 17.6 Å². The summed E-state index contributed by atoms with van der Waals surface area (Å²) in [6.45, 7) is 5.29. The summed E-state index contributed by atoms with van der Waals surface area (Å²) in [4.78, 5) is 0. The molecular weight excluding hydrogens is 210 g/mol. The highest BCUT2D eigenvalue weighted by Crippen LogP contribution is 2.17. The van der Waals surface area contributed by atoms with E-state index in [9.17, 15) is 0 Å². The van der Waals surface area contributed by atoms with Crippen LogP contribution in [0.5, 0.6) is 0 Å². The normalized spacial score (nSPS) is 14.6. The van der Waals surface area contributed by atoms with E-state index in [0.29, 0.717) is 11.8 Å². The Morgan fingerprint density at radius 2 is 1.76 bits per heavy atom. The van der Waals surface area contributed by atoms with Crippen molar-refractivity contribution >= 4 is 0 Å². The van der Waals surface area contributed by atoms with Gasteiger partial charge in [-0.2, -0.15) is 0 Å². The summed E-state index contributed by atoms with van der Waals surface area (Å²) in [5.41, 5.74) is 8.50. The Morgan fingerprint density at radius 1 is 1.12 bits per heavy atom. The van der Waals surface area contributed by atoms with E-state index in [2.05, 4.69) is 38.1 Å². The molecule has 2 nitrogen and oxygen atoms in total. The molecule has 3 N–H and O–H groups in total. The molecule has 0 bridgehead atoms. The molecule has 0 saturated heterocycles. The number of benzene rings is 1. The smallest absolute Gasteiger partial charge is 0.0456 e. The van der Waals surface area contributed by atoms with Gasteiger partial charge in [-0.15, -0.1) is 0 Å². The van der Waals surface area contributed by atoms with Gasteiger partial charge in [0.15, 0.2) is 0 Å². The van der Waals surface area contributed by atoms with E-state index in [1.807, 2.05) is 0 Å². The van der Waals surface area contributed by atoms with Crippen LogP contribution in [0.15, 0.2) is 24.3 Å². The Balaban J connectivity index is 2.64. The molecule has 0 fully saturated rings. The quantitative estimate of drug-likeness (QED) is 0.762. The number of aryl methyl sites for hydroxylation is 1. The van der Waals surface area contributed by atoms with E-state index < -0.39 is 0 Å². The lowest BCUT2D eigenvalue weighted by Gasteiger charge is -2.14. The van der Waals surface area contributed by atoms with Crippen LogP contribution in [-0.4, -0.2) is 18.3 Å². The van der Waals surface area contributed by atoms with Gasteiger partial charge in [0.05, 0.1) is 0 Å². The second kappa shape index (κ2) is 7.46. The van der Waals surface area contributed by atoms with E-state index in [1.165, 1.54) is 11.1 Å². The fraction of sp³-hybridized carbons (Fsp3) is 0.600. The van der Waals surface area contributed by atoms with Crippen molar-refractivity contribution in [3.8, 4) is 0 Å². The molecule has 0 unspecified atom stereocenters. The van der Waals surface area contributed by atoms with Crippen molar-refractivity contribution in [2.45, 2.75) is 33.1 Å². The lowest BCUT2D eigenvalue weighted by Crippen LogP contribution is -2.14. The number of aliphatic hydroxyl groups excluding tert-OH is 1. The van der Waals surface area contributed by atoms with Gasteiger partial charge >= 0.3 is 0 Å². The van der Waals surface area contributed by atoms with Crippen molar-refractivity contribution in [3.05, 3.63) is 35.4 Å². The number of rotatable bonds is 7. The highest BCUT2D eigenvalue weighted by Gasteiger charge is 2.07. The highest BCUT2D eigenvalue weighted by atomic mass is 16.3. The van der Waals surface area contributed by atoms with Gasteiger partial charge < -0.3 is 10.8 Å². The van der Waals surface area contributed by atoms with Gasteiger partial charge in [-0.3, -0.25) is 0 Å². The van der Waals surface area contributed by atoms with Crippen LogP contribution >= 0.6 is 0 Å². The maximum atomic E-state index is 9.05. The Kier molecular flexibility index (Phi) is 6.23. The second-order valence-electron chi connectivity index (χ2n) is 5.14. The van der Waals surface area contributed by atoms with Crippen molar-refractivity contribution < 1.29 is 5.11 Å². The fourth-order valence-electron chi connectivity index (χ4n) is 1.95. The van der Waals surface area contributed by atoms with Crippen LogP contribution in [0.2, 0.25) is 0 Å². The minimum Gasteiger partial charge on any atom is -0.396 e. The predicted octanol–water partition coefficient (Wildman–Crippen LogP) is 2.38. The first-order valence-electron chi connectivity index (χ1n) is 6.55. The summed E-state index contributed by atoms with van der Waals surface area (Å²) in [7, 11) is 0. The molecule has 0 radical (unpaired) electrons. The lowest BCUT2D eigenvalue weighted by molar-refractivity contribution is 0.230. The van der Waals surface area contributed by atoms with Crippen molar-refractivity contribution in [1.82, 2.24) is 0 Å². The molecule has 17 heavy (non-hydrogen) atoms. The third-order valence-corrected chi connectivity index (χ3v) is 3.31. The average molecular weight is 235 g/mol. The Morgan fingerprint density at radius 3 is 2.35 bits per heavy atom. The first-order chi connectivity index (χ1) is 8.17. The molecule has 0 heterocycles. The van der Waals surface area contributed by atoms with Gasteiger partial charge in [-0.25, -0.2) is 0 Å². The molecule has 2 heteroatoms. The summed E-state index contributed by atoms with van der Waals surface area (Å²) < 4.78 is 0. The summed E-state index contributed by atoms with van der Waals surface area (Å²) in [5.74, 6) is 0.918. The molecule has 2 atom stereocenters. The minimum atomic E-state index is 0.279. The first kappa shape index (κ1) is 14.2. The SMILES string of the molecule is C[C@H](CO)CCc1ccccc1C[C@H](C)CN. The molecule has 0 aliphatic heterocycles. The standard InChI is InChI=1S/C15H25NO/c1-12(11-17)7-8-14-5-3-4-6-15(14)9-13(2)10-16/h3-6,12-13,17H,7-11,16H2,1-2H3/t12-,13-/m0/s1. The van der Waals surface area contributed by atoms with Crippen LogP contribution < -0.4 is 5.73 Å². The van der Waals surface area contributed by atoms with E-state index in [1.54, 1.807) is 0 Å². The lowest BCUT2D eigenvalue weighted by atomic mass is 9.93. The maximum Gasteiger partial charge on any atom is 0.0456 e. The van der Waals surface area contributed by atoms with Crippen LogP contribution in [0.1, 0.15) is 31.4 Å². The van der Waals surface area contributed by atoms with E-state index in [-0.39, 0.29) is 6.61 Å². The zero-order valence-electron chi connectivity index (χ0n) is 11.0. The molecule has 0 aliphatic carbocycles. The third kappa shape index (κ3) is 4.88. The minimum absolute atomic E-state index is 0.279. The largest absolute Gasteiger partial charge is 0.396 e. The van der Waals surface area contributed by atoms with Crippen LogP contribution in [0.4, 0.5) is 0 Å². The summed E-state index contributed by atoms with van der Waals surface area (Å²) in [6.07, 6.45) is 3.15. The molecule has 0 aliphatic rings. The third-order valence-electron chi connectivity index (χ3n) is 3.31. The fourth-order valence-corrected chi connectivity index (χ4v) is 1.95. The van der Waals surface area contributed by atoms with Gasteiger partial charge in [0.1, 0.15) is 0 Å². The van der Waals surface area contributed by atoms with Crippen molar-refractivity contribution in [3.63, 3.8) is 0 Å². The Labute approximate surface area is 105 Å². The van der Waals surface area contributed by atoms with E-state index in [4.69, 9.17) is 10.8 Å². The topological polar surface area (TPSA) is 46.2 Å². The molecule has 1 aromatic rings. The summed E-state index contributed by atoms with van der Waals surface area (Å²) in [6, 6.07) is 8.58. The second-order valence-corrected chi connectivity index (χ2v) is 5.14. The molecule has 0 saturated carbocycles. The molecule has 1 aromatic carbocycles. The van der Waals surface area contributed by atoms with Crippen molar-refractivity contribution in [2.75, 3.05) is 13.2 Å². The van der Waals surface area contributed by atoms with Crippen molar-refractivity contribution in [1.29, 1.82) is 0 Å². The van der Waals surface area contributed by atoms with Gasteiger partial charge in [0.2, 0.25) is 0 Å². The predicted molar refractivity (Wildman–Crippen MR) is 72.9 cm³/mol. The van der Waals surface area contributed by atoms with Crippen LogP contribution in [0.3, 0.4) is 0 Å². The van der Waals surface area contributed by atoms with Gasteiger partial charge in [-0.1, -0.05) is 38.1 Å². The highest BCUT2D eigenvalue weighted by molar-refractivity contribution is 5.27. The summed E-state index contributed by atoms with van der Waals surface area (Å²) >= 11 is 0. The number of hydrogen-bond donors (Lipinski definition) is 2. The van der Waals surface area contributed by atoms with E-state index in [0.717, 1.165) is 25.8 Å². The van der Waals surface area contributed by atoms with Crippen LogP contribution in [0.25, 0.3) is 0 Å². The molecule has 1 rings (SSSR count). The number of nitrogens with two attached hydrogens (primary N) is 1. The Hall–Kier alpha value is -0.860. The van der Waals surface area contributed by atoms with E-state index >= 15 is 0 Å². The molecule has 0 amide bonds. The van der Waals surface area contributed by atoms with Crippen LogP contribution in [-0.2, 0) is 12.8 Å². The first-order valence-corrected chi connectivity index (χ1v) is 6.55. The van der Waals surface area contributed by atoms with Gasteiger partial charge in [-0.05, 0) is 48.8 Å². The number of aliphatic hydroxyl groups is 1. The summed E-state index contributed by atoms with van der Waals surface area (Å²) in [5, 5.41) is 9.05. The zero-order chi connectivity index (χ0) is 12.7. The average Bonchev–Trinajstić information content (AvgIpc) is 2.37. The molecule has 96 valence electrons. The number of hydrogen-bond acceptors (Lipinski definition) is 2. The zero-order valence-corrected chi connectivity index (χ0v) is 11.0. The molecular formula is C15H25NO. The molecule has 0 spiro atoms. The van der Waals surface area contributed by atoms with Gasteiger partial charge in [0, 0.05) is 6.61 Å². The maximum absolute atomic E-state index is 9.05. The Bertz CT molecular complexity index is 324. The monoisotopic (exact) mass is 235 g/mol. The molecule has 0 aromatic heterocycles.